The molecular weight excluding hydrogens is 494 g/mol. The maximum absolute atomic E-state index is 14.0. The van der Waals surface area contributed by atoms with Gasteiger partial charge in [-0.1, -0.05) is 32.0 Å². The number of carbonyl (C=O) groups excluding carboxylic acids is 2. The van der Waals surface area contributed by atoms with E-state index in [0.29, 0.717) is 24.9 Å². The summed E-state index contributed by atoms with van der Waals surface area (Å²) in [4.78, 5) is 41.9. The van der Waals surface area contributed by atoms with E-state index in [-0.39, 0.29) is 30.5 Å². The summed E-state index contributed by atoms with van der Waals surface area (Å²) in [5, 5.41) is 12.3. The van der Waals surface area contributed by atoms with Gasteiger partial charge in [-0.3, -0.25) is 19.1 Å². The quantitative estimate of drug-likeness (QED) is 0.571. The Morgan fingerprint density at radius 1 is 1.22 bits per heavy atom. The van der Waals surface area contributed by atoms with E-state index in [0.717, 1.165) is 5.56 Å². The minimum Gasteiger partial charge on any atom is -0.325 e. The van der Waals surface area contributed by atoms with Crippen LogP contribution in [-0.2, 0) is 25.0 Å². The summed E-state index contributed by atoms with van der Waals surface area (Å²) in [5.74, 6) is -0.683. The van der Waals surface area contributed by atoms with E-state index in [1.165, 1.54) is 27.8 Å². The summed E-state index contributed by atoms with van der Waals surface area (Å²) in [5.41, 5.74) is -0.359. The van der Waals surface area contributed by atoms with E-state index in [2.05, 4.69) is 16.1 Å². The third kappa shape index (κ3) is 4.29. The van der Waals surface area contributed by atoms with Crippen LogP contribution in [0.25, 0.3) is 0 Å². The number of para-hydroxylation sites is 1. The number of pyridine rings is 1. The van der Waals surface area contributed by atoms with Gasteiger partial charge < -0.3 is 14.8 Å². The van der Waals surface area contributed by atoms with Crippen molar-refractivity contribution in [1.29, 1.82) is 5.26 Å². The molecule has 1 aromatic heterocycles. The fourth-order valence-corrected chi connectivity index (χ4v) is 6.79. The number of nitrogens with zero attached hydrogens (tertiary/aromatic N) is 3. The molecule has 2 aliphatic heterocycles. The second kappa shape index (κ2) is 9.03. The average molecular weight is 524 g/mol. The number of amides is 2. The lowest BCUT2D eigenvalue weighted by Gasteiger charge is -2.29. The molecule has 0 bridgehead atoms. The summed E-state index contributed by atoms with van der Waals surface area (Å²) in [6.07, 6.45) is 3.01. The molecule has 3 atom stereocenters. The highest BCUT2D eigenvalue weighted by Gasteiger charge is 2.56. The highest BCUT2D eigenvalue weighted by atomic mass is 32.2. The number of nitrogens with one attached hydrogen (secondary N) is 2. The normalized spacial score (nSPS) is 23.6. The van der Waals surface area contributed by atoms with Crippen LogP contribution < -0.4 is 15.6 Å². The first-order chi connectivity index (χ1) is 17.6. The van der Waals surface area contributed by atoms with Crippen molar-refractivity contribution in [2.75, 3.05) is 16.6 Å². The number of sulfonamides is 1. The zero-order valence-corrected chi connectivity index (χ0v) is 21.5. The van der Waals surface area contributed by atoms with Gasteiger partial charge in [0.05, 0.1) is 16.7 Å². The maximum atomic E-state index is 14.0. The second-order valence-electron chi connectivity index (χ2n) is 10.5. The summed E-state index contributed by atoms with van der Waals surface area (Å²) in [6.45, 7) is 3.85. The van der Waals surface area contributed by atoms with E-state index < -0.39 is 44.2 Å². The molecule has 1 spiro atoms. The summed E-state index contributed by atoms with van der Waals surface area (Å²) >= 11 is 0. The first-order valence-electron chi connectivity index (χ1n) is 12.4. The van der Waals surface area contributed by atoms with Crippen LogP contribution in [0.3, 0.4) is 0 Å². The lowest BCUT2D eigenvalue weighted by molar-refractivity contribution is -0.135. The zero-order chi connectivity index (χ0) is 26.5. The molecule has 5 rings (SSSR count). The molecule has 194 valence electrons. The Kier molecular flexibility index (Phi) is 6.10. The molecule has 37 heavy (non-hydrogen) atoms. The number of anilines is 2. The lowest BCUT2D eigenvalue weighted by Crippen LogP contribution is -2.45. The number of likely N-dealkylation sites (tertiary alicyclic amines) is 1. The van der Waals surface area contributed by atoms with Crippen molar-refractivity contribution < 1.29 is 18.0 Å². The molecule has 3 heterocycles. The fraction of sp³-hybridized carbons (Fsp3) is 0.462. The van der Waals surface area contributed by atoms with Crippen molar-refractivity contribution >= 4 is 33.2 Å². The van der Waals surface area contributed by atoms with Crippen LogP contribution in [0.5, 0.6) is 0 Å². The number of rotatable bonds is 7. The Morgan fingerprint density at radius 3 is 2.62 bits per heavy atom. The predicted octanol–water partition coefficient (Wildman–Crippen LogP) is 2.35. The summed E-state index contributed by atoms with van der Waals surface area (Å²) in [7, 11) is -3.67. The number of aromatic nitrogens is 1. The smallest absolute Gasteiger partial charge is 0.275 e. The number of benzene rings is 1. The topological polar surface area (TPSA) is 141 Å². The van der Waals surface area contributed by atoms with E-state index >= 15 is 0 Å². The highest BCUT2D eigenvalue weighted by molar-refractivity contribution is 7.93. The van der Waals surface area contributed by atoms with Crippen LogP contribution in [0.1, 0.15) is 51.1 Å². The van der Waals surface area contributed by atoms with Crippen LogP contribution in [0.15, 0.2) is 47.4 Å². The summed E-state index contributed by atoms with van der Waals surface area (Å²) in [6, 6.07) is 10.5. The van der Waals surface area contributed by atoms with Crippen molar-refractivity contribution in [2.45, 2.75) is 62.3 Å². The van der Waals surface area contributed by atoms with Gasteiger partial charge in [0.25, 0.3) is 5.56 Å². The van der Waals surface area contributed by atoms with Crippen molar-refractivity contribution in [3.8, 4) is 6.07 Å². The van der Waals surface area contributed by atoms with E-state index in [4.69, 9.17) is 0 Å². The Labute approximate surface area is 215 Å². The minimum absolute atomic E-state index is 0.0141. The third-order valence-corrected chi connectivity index (χ3v) is 9.27. The molecule has 0 radical (unpaired) electrons. The molecule has 2 amide bonds. The molecule has 2 N–H and O–H groups in total. The number of nitriles is 1. The van der Waals surface area contributed by atoms with Gasteiger partial charge in [0.2, 0.25) is 21.8 Å². The molecule has 10 nitrogen and oxygen atoms in total. The Bertz CT molecular complexity index is 1470. The number of hydrogen-bond acceptors (Lipinski definition) is 6. The lowest BCUT2D eigenvalue weighted by atomic mass is 9.80. The van der Waals surface area contributed by atoms with Crippen molar-refractivity contribution in [2.24, 2.45) is 5.92 Å². The van der Waals surface area contributed by atoms with Crippen LogP contribution in [0, 0.1) is 17.2 Å². The van der Waals surface area contributed by atoms with Gasteiger partial charge in [0.1, 0.15) is 17.8 Å². The predicted molar refractivity (Wildman–Crippen MR) is 137 cm³/mol. The van der Waals surface area contributed by atoms with Gasteiger partial charge in [-0.05, 0) is 48.9 Å². The van der Waals surface area contributed by atoms with Gasteiger partial charge in [0.15, 0.2) is 0 Å². The van der Waals surface area contributed by atoms with Gasteiger partial charge in [-0.15, -0.1) is 0 Å². The van der Waals surface area contributed by atoms with Crippen molar-refractivity contribution in [1.82, 2.24) is 9.47 Å². The Hall–Kier alpha value is -3.65. The molecule has 0 unspecified atom stereocenters. The largest absolute Gasteiger partial charge is 0.325 e. The second-order valence-corrected chi connectivity index (χ2v) is 12.5. The molecule has 1 aromatic carbocycles. The van der Waals surface area contributed by atoms with Crippen LogP contribution in [-0.4, -0.2) is 47.5 Å². The molecular formula is C26H29N5O5S. The standard InChI is InChI=1S/C26H29N5O5S/c1-16(2)12-22(30-11-5-8-21(23(30)32)29-37(35,36)18-9-10-18)24(33)31-15-26(13-17(31)14-27)19-6-3-4-7-20(19)28-25(26)34/h3-8,11,16-18,22,29H,9-10,12-13,15H2,1-2H3,(H,28,34)/t17-,22-,26-/m0/s1. The minimum atomic E-state index is -3.67. The fourth-order valence-electron chi connectivity index (χ4n) is 5.41. The monoisotopic (exact) mass is 523 g/mol. The summed E-state index contributed by atoms with van der Waals surface area (Å²) < 4.78 is 28.6. The molecule has 11 heteroatoms. The van der Waals surface area contributed by atoms with E-state index in [1.54, 1.807) is 6.07 Å². The van der Waals surface area contributed by atoms with Crippen molar-refractivity contribution in [3.63, 3.8) is 0 Å². The molecule has 3 aliphatic rings. The van der Waals surface area contributed by atoms with Crippen LogP contribution in [0.4, 0.5) is 11.4 Å². The van der Waals surface area contributed by atoms with Crippen LogP contribution in [0.2, 0.25) is 0 Å². The first kappa shape index (κ1) is 25.0. The van der Waals surface area contributed by atoms with Gasteiger partial charge in [-0.2, -0.15) is 5.26 Å². The number of fused-ring (bicyclic) bond motifs is 2. The molecule has 2 fully saturated rings. The molecule has 2 aromatic rings. The third-order valence-electron chi connectivity index (χ3n) is 7.42. The maximum Gasteiger partial charge on any atom is 0.275 e. The first-order valence-corrected chi connectivity index (χ1v) is 14.0. The average Bonchev–Trinajstić information content (AvgIpc) is 3.60. The van der Waals surface area contributed by atoms with Crippen LogP contribution >= 0.6 is 0 Å². The molecule has 1 saturated carbocycles. The van der Waals surface area contributed by atoms with Gasteiger partial charge in [-0.25, -0.2) is 8.42 Å². The Morgan fingerprint density at radius 2 is 1.95 bits per heavy atom. The van der Waals surface area contributed by atoms with E-state index in [9.17, 15) is 28.1 Å². The zero-order valence-electron chi connectivity index (χ0n) is 20.7. The van der Waals surface area contributed by atoms with Gasteiger partial charge in [0, 0.05) is 24.8 Å². The molecule has 1 aliphatic carbocycles. The number of hydrogen-bond donors (Lipinski definition) is 2. The van der Waals surface area contributed by atoms with Gasteiger partial charge >= 0.3 is 0 Å². The molecule has 1 saturated heterocycles. The van der Waals surface area contributed by atoms with Crippen molar-refractivity contribution in [3.05, 3.63) is 58.5 Å². The van der Waals surface area contributed by atoms with E-state index in [1.807, 2.05) is 32.0 Å². The highest BCUT2D eigenvalue weighted by Crippen LogP contribution is 2.46. The Balaban J connectivity index is 1.50. The number of carbonyl (C=O) groups is 2. The SMILES string of the molecule is CC(C)C[C@@H](C(=O)N1C[C@]2(C[C@H]1C#N)C(=O)Nc1ccccc12)n1cccc(NS(=O)(=O)C2CC2)c1=O.